The van der Waals surface area contributed by atoms with E-state index in [-0.39, 0.29) is 16.9 Å². The lowest BCUT2D eigenvalue weighted by Gasteiger charge is -2.27. The van der Waals surface area contributed by atoms with Crippen LogP contribution in [-0.2, 0) is 14.3 Å². The number of allylic oxidation sites excluding steroid dienone is 1. The molecule has 7 heteroatoms. The number of unbranched alkanes of at least 4 members (excludes halogenated alkanes) is 2. The van der Waals surface area contributed by atoms with Crippen LogP contribution in [0.5, 0.6) is 0 Å². The maximum absolute atomic E-state index is 13.0. The van der Waals surface area contributed by atoms with Crippen LogP contribution in [0.4, 0.5) is 0 Å². The lowest BCUT2D eigenvalue weighted by atomic mass is 9.78. The average Bonchev–Trinajstić information content (AvgIpc) is 2.91. The van der Waals surface area contributed by atoms with Crippen LogP contribution in [0.2, 0.25) is 0 Å². The summed E-state index contributed by atoms with van der Waals surface area (Å²) in [5.74, 6) is -2.34. The number of fused-ring (bicyclic) bond motifs is 2. The summed E-state index contributed by atoms with van der Waals surface area (Å²) in [5.41, 5.74) is -0.0104. The molecule has 0 bridgehead atoms. The van der Waals surface area contributed by atoms with Gasteiger partial charge in [0.15, 0.2) is 5.60 Å². The number of aliphatic hydroxyl groups is 1. The Kier molecular flexibility index (Phi) is 5.18. The van der Waals surface area contributed by atoms with E-state index >= 15 is 0 Å². The summed E-state index contributed by atoms with van der Waals surface area (Å²) >= 11 is 0. The van der Waals surface area contributed by atoms with Gasteiger partial charge in [0.1, 0.15) is 11.3 Å². The predicted octanol–water partition coefficient (Wildman–Crippen LogP) is 3.47. The van der Waals surface area contributed by atoms with Crippen molar-refractivity contribution in [1.29, 1.82) is 0 Å². The van der Waals surface area contributed by atoms with E-state index < -0.39 is 23.3 Å². The Bertz CT molecular complexity index is 956. The molecule has 1 aliphatic carbocycles. The average molecular weight is 383 g/mol. The molecule has 28 heavy (non-hydrogen) atoms. The first kappa shape index (κ1) is 19.5. The van der Waals surface area contributed by atoms with Crippen LogP contribution in [0, 0.1) is 0 Å². The van der Waals surface area contributed by atoms with E-state index in [1.807, 2.05) is 6.92 Å². The number of aliphatic carboxylic acids is 1. The zero-order chi connectivity index (χ0) is 20.5. The molecule has 1 atom stereocenters. The van der Waals surface area contributed by atoms with Crippen molar-refractivity contribution in [3.8, 4) is 0 Å². The summed E-state index contributed by atoms with van der Waals surface area (Å²) in [5, 5.41) is 19.2. The number of carboxylic acid groups (broad SMARTS) is 1. The highest BCUT2D eigenvalue weighted by atomic mass is 16.6. The number of hydrogen-bond acceptors (Lipinski definition) is 6. The Labute approximate surface area is 162 Å². The van der Waals surface area contributed by atoms with Gasteiger partial charge in [-0.2, -0.15) is 0 Å². The van der Waals surface area contributed by atoms with E-state index in [1.54, 1.807) is 12.1 Å². The Hall–Kier alpha value is -3.22. The Morgan fingerprint density at radius 3 is 2.71 bits per heavy atom. The maximum Gasteiger partial charge on any atom is 0.343 e. The molecule has 1 aliphatic heterocycles. The summed E-state index contributed by atoms with van der Waals surface area (Å²) < 4.78 is 5.38. The van der Waals surface area contributed by atoms with Gasteiger partial charge in [-0.1, -0.05) is 19.8 Å². The first-order chi connectivity index (χ1) is 13.3. The molecule has 7 nitrogen and oxygen atoms in total. The van der Waals surface area contributed by atoms with E-state index in [0.717, 1.165) is 25.3 Å². The highest BCUT2D eigenvalue weighted by molar-refractivity contribution is 6.17. The van der Waals surface area contributed by atoms with Gasteiger partial charge in [0.2, 0.25) is 5.78 Å². The van der Waals surface area contributed by atoms with Gasteiger partial charge >= 0.3 is 11.9 Å². The van der Waals surface area contributed by atoms with Crippen molar-refractivity contribution in [3.05, 3.63) is 52.1 Å². The van der Waals surface area contributed by atoms with E-state index in [9.17, 15) is 19.5 Å². The molecule has 2 heterocycles. The second-order valence-electron chi connectivity index (χ2n) is 6.96. The first-order valence-electron chi connectivity index (χ1n) is 9.11. The fourth-order valence-electron chi connectivity index (χ4n) is 3.42. The lowest BCUT2D eigenvalue weighted by molar-refractivity contribution is -0.141. The fraction of sp³-hybridized carbons (Fsp3) is 0.333. The van der Waals surface area contributed by atoms with Crippen molar-refractivity contribution < 1.29 is 29.3 Å². The van der Waals surface area contributed by atoms with E-state index in [4.69, 9.17) is 9.84 Å². The van der Waals surface area contributed by atoms with Crippen molar-refractivity contribution in [2.75, 3.05) is 0 Å². The highest BCUT2D eigenvalue weighted by Crippen LogP contribution is 2.45. The standard InChI is InChI=1S/C21H21NO6/c1-3-4-5-6-16(23)18-15-10-12-9-13(7-8-17(24)25)22-11-14(12)19(26)21(15,2)28-20(18)27/h7-11,23H,3-6H2,1-2H3,(H,24,25)/b8-7+,18-16+. The Morgan fingerprint density at radius 2 is 2.04 bits per heavy atom. The molecule has 1 fully saturated rings. The monoisotopic (exact) mass is 383 g/mol. The zero-order valence-corrected chi connectivity index (χ0v) is 15.7. The van der Waals surface area contributed by atoms with E-state index in [0.29, 0.717) is 23.3 Å². The minimum atomic E-state index is -1.50. The number of hydrogen-bond donors (Lipinski definition) is 2. The van der Waals surface area contributed by atoms with Gasteiger partial charge in [0, 0.05) is 29.8 Å². The van der Waals surface area contributed by atoms with Crippen LogP contribution in [0.1, 0.15) is 61.1 Å². The summed E-state index contributed by atoms with van der Waals surface area (Å²) in [6.07, 6.45) is 8.17. The van der Waals surface area contributed by atoms with Gasteiger partial charge in [-0.25, -0.2) is 9.59 Å². The number of carbonyl (C=O) groups is 3. The molecule has 0 aromatic carbocycles. The molecule has 1 aromatic heterocycles. The molecule has 2 N–H and O–H groups in total. The normalized spacial score (nSPS) is 22.6. The van der Waals surface area contributed by atoms with Gasteiger partial charge in [-0.05, 0) is 37.1 Å². The van der Waals surface area contributed by atoms with Crippen molar-refractivity contribution in [3.63, 3.8) is 0 Å². The third-order valence-electron chi connectivity index (χ3n) is 4.92. The third kappa shape index (κ3) is 3.35. The number of aliphatic hydroxyl groups excluding tert-OH is 1. The van der Waals surface area contributed by atoms with Crippen LogP contribution >= 0.6 is 0 Å². The lowest BCUT2D eigenvalue weighted by Crippen LogP contribution is -2.39. The van der Waals surface area contributed by atoms with Crippen LogP contribution < -0.4 is 0 Å². The van der Waals surface area contributed by atoms with Gasteiger partial charge in [0.25, 0.3) is 0 Å². The molecule has 1 unspecified atom stereocenters. The molecule has 0 radical (unpaired) electrons. The third-order valence-corrected chi connectivity index (χ3v) is 4.92. The van der Waals surface area contributed by atoms with Gasteiger partial charge in [-0.15, -0.1) is 0 Å². The van der Waals surface area contributed by atoms with Crippen LogP contribution in [0.3, 0.4) is 0 Å². The summed E-state index contributed by atoms with van der Waals surface area (Å²) in [4.78, 5) is 40.2. The van der Waals surface area contributed by atoms with E-state index in [1.165, 1.54) is 19.2 Å². The predicted molar refractivity (Wildman–Crippen MR) is 102 cm³/mol. The highest BCUT2D eigenvalue weighted by Gasteiger charge is 2.54. The van der Waals surface area contributed by atoms with Gasteiger partial charge < -0.3 is 14.9 Å². The number of nitrogens with zero attached hydrogens (tertiary/aromatic N) is 1. The number of carboxylic acids is 1. The summed E-state index contributed by atoms with van der Waals surface area (Å²) in [6.45, 7) is 3.54. The molecule has 1 aromatic rings. The second-order valence-corrected chi connectivity index (χ2v) is 6.96. The number of ether oxygens (including phenoxy) is 1. The maximum atomic E-state index is 13.0. The topological polar surface area (TPSA) is 114 Å². The van der Waals surface area contributed by atoms with Crippen molar-refractivity contribution in [2.45, 2.75) is 45.1 Å². The molecule has 1 saturated heterocycles. The fourth-order valence-corrected chi connectivity index (χ4v) is 3.42. The minimum Gasteiger partial charge on any atom is -0.511 e. The van der Waals surface area contributed by atoms with Crippen molar-refractivity contribution in [1.82, 2.24) is 4.98 Å². The molecule has 2 aliphatic rings. The van der Waals surface area contributed by atoms with Gasteiger partial charge in [0.05, 0.1) is 5.69 Å². The molecule has 0 amide bonds. The molecule has 146 valence electrons. The molecular weight excluding hydrogens is 362 g/mol. The summed E-state index contributed by atoms with van der Waals surface area (Å²) in [6, 6.07) is 1.56. The molecule has 3 rings (SSSR count). The van der Waals surface area contributed by atoms with Crippen LogP contribution in [0.15, 0.2) is 35.2 Å². The number of ketones is 1. The smallest absolute Gasteiger partial charge is 0.343 e. The SMILES string of the molecule is CCCCC/C(O)=C1\C(=O)OC2(C)C(=O)c3cnc(/C=C/C(=O)O)cc3C=C12. The number of carbonyl (C=O) groups excluding carboxylic acids is 2. The molecule has 0 spiro atoms. The summed E-state index contributed by atoms with van der Waals surface area (Å²) in [7, 11) is 0. The first-order valence-corrected chi connectivity index (χ1v) is 9.11. The molecule has 0 saturated carbocycles. The zero-order valence-electron chi connectivity index (χ0n) is 15.7. The second kappa shape index (κ2) is 7.42. The van der Waals surface area contributed by atoms with Crippen molar-refractivity contribution in [2.24, 2.45) is 0 Å². The Balaban J connectivity index is 2.08. The van der Waals surface area contributed by atoms with E-state index in [2.05, 4.69) is 4.98 Å². The molecular formula is C21H21NO6. The largest absolute Gasteiger partial charge is 0.511 e. The number of pyridine rings is 1. The number of aromatic nitrogens is 1. The van der Waals surface area contributed by atoms with Crippen LogP contribution in [-0.4, -0.2) is 38.5 Å². The van der Waals surface area contributed by atoms with Crippen LogP contribution in [0.25, 0.3) is 12.2 Å². The number of rotatable bonds is 6. The minimum absolute atomic E-state index is 0.0389. The number of Topliss-reactive ketones (excluding diaryl/α,β-unsaturated/α-hetero) is 1. The van der Waals surface area contributed by atoms with Gasteiger partial charge in [-0.3, -0.25) is 9.78 Å². The van der Waals surface area contributed by atoms with Crippen molar-refractivity contribution >= 4 is 29.9 Å². The number of esters is 1. The quantitative estimate of drug-likeness (QED) is 0.335. The Morgan fingerprint density at radius 1 is 1.29 bits per heavy atom.